The number of halogens is 1. The first-order chi connectivity index (χ1) is 11.5. The minimum Gasteiger partial charge on any atom is -0.289 e. The van der Waals surface area contributed by atoms with Gasteiger partial charge in [-0.25, -0.2) is 0 Å². The molecule has 0 spiro atoms. The van der Waals surface area contributed by atoms with E-state index in [4.69, 9.17) is 11.6 Å². The number of ketones is 2. The standard InChI is InChI=1S/C14H7ClO2.C6H8S/c15-11-7-3-6-10-12(11)14(17)9-5-2-1-4-8(9)13(10)16;1-5-3-6(2)7-4-5/h1-7H;3-4H,1-2H3. The van der Waals surface area contributed by atoms with Crippen LogP contribution >= 0.6 is 22.9 Å². The lowest BCUT2D eigenvalue weighted by Gasteiger charge is -2.17. The molecule has 120 valence electrons. The summed E-state index contributed by atoms with van der Waals surface area (Å²) in [7, 11) is 0. The van der Waals surface area contributed by atoms with Crippen LogP contribution in [0.4, 0.5) is 0 Å². The van der Waals surface area contributed by atoms with Crippen LogP contribution in [0.3, 0.4) is 0 Å². The van der Waals surface area contributed by atoms with Crippen molar-refractivity contribution in [1.82, 2.24) is 0 Å². The highest BCUT2D eigenvalue weighted by Gasteiger charge is 2.30. The van der Waals surface area contributed by atoms with E-state index in [0.717, 1.165) is 0 Å². The van der Waals surface area contributed by atoms with Crippen molar-refractivity contribution in [2.45, 2.75) is 13.8 Å². The van der Waals surface area contributed by atoms with Gasteiger partial charge < -0.3 is 0 Å². The normalized spacial score (nSPS) is 12.1. The molecule has 3 aromatic rings. The molecule has 0 saturated heterocycles. The van der Waals surface area contributed by atoms with Crippen molar-refractivity contribution in [3.8, 4) is 0 Å². The van der Waals surface area contributed by atoms with Crippen molar-refractivity contribution >= 4 is 34.5 Å². The van der Waals surface area contributed by atoms with Crippen LogP contribution in [0, 0.1) is 13.8 Å². The number of rotatable bonds is 0. The summed E-state index contributed by atoms with van der Waals surface area (Å²) in [6.07, 6.45) is 0. The Morgan fingerprint density at radius 1 is 0.833 bits per heavy atom. The maximum Gasteiger partial charge on any atom is 0.196 e. The Morgan fingerprint density at radius 2 is 1.46 bits per heavy atom. The topological polar surface area (TPSA) is 34.1 Å². The first kappa shape index (κ1) is 16.6. The molecular formula is C20H15ClO2S. The van der Waals surface area contributed by atoms with Crippen LogP contribution in [0.15, 0.2) is 53.9 Å². The lowest BCUT2D eigenvalue weighted by Crippen LogP contribution is -2.21. The van der Waals surface area contributed by atoms with E-state index in [-0.39, 0.29) is 11.6 Å². The van der Waals surface area contributed by atoms with E-state index in [9.17, 15) is 9.59 Å². The van der Waals surface area contributed by atoms with Crippen LogP contribution in [-0.2, 0) is 0 Å². The second-order valence-corrected chi connectivity index (χ2v) is 7.12. The third-order valence-corrected chi connectivity index (χ3v) is 5.06. The van der Waals surface area contributed by atoms with Crippen LogP contribution < -0.4 is 0 Å². The maximum atomic E-state index is 12.2. The minimum absolute atomic E-state index is 0.141. The molecule has 0 atom stereocenters. The summed E-state index contributed by atoms with van der Waals surface area (Å²) in [6, 6.07) is 13.9. The molecule has 0 aliphatic heterocycles. The molecule has 0 fully saturated rings. The van der Waals surface area contributed by atoms with Crippen molar-refractivity contribution < 1.29 is 9.59 Å². The van der Waals surface area contributed by atoms with Gasteiger partial charge in [0.15, 0.2) is 11.6 Å². The number of benzene rings is 2. The van der Waals surface area contributed by atoms with Crippen molar-refractivity contribution in [2.75, 3.05) is 0 Å². The summed E-state index contributed by atoms with van der Waals surface area (Å²) in [5, 5.41) is 2.49. The van der Waals surface area contributed by atoms with Gasteiger partial charge in [-0.2, -0.15) is 0 Å². The van der Waals surface area contributed by atoms with E-state index < -0.39 is 0 Å². The van der Waals surface area contributed by atoms with Gasteiger partial charge in [0, 0.05) is 21.6 Å². The summed E-state index contributed by atoms with van der Waals surface area (Å²) < 4.78 is 0. The molecule has 0 unspecified atom stereocenters. The summed E-state index contributed by atoms with van der Waals surface area (Å²) in [5.41, 5.74) is 2.96. The van der Waals surface area contributed by atoms with E-state index in [2.05, 4.69) is 25.3 Å². The van der Waals surface area contributed by atoms with Crippen LogP contribution in [0.2, 0.25) is 5.02 Å². The lowest BCUT2D eigenvalue weighted by molar-refractivity contribution is 0.0979. The summed E-state index contributed by atoms with van der Waals surface area (Å²) in [4.78, 5) is 25.8. The second-order valence-electron chi connectivity index (χ2n) is 5.60. The molecule has 4 heteroatoms. The van der Waals surface area contributed by atoms with E-state index in [1.54, 1.807) is 53.8 Å². The molecule has 2 nitrogen and oxygen atoms in total. The van der Waals surface area contributed by atoms with Gasteiger partial charge in [0.2, 0.25) is 0 Å². The number of fused-ring (bicyclic) bond motifs is 2. The smallest absolute Gasteiger partial charge is 0.196 e. The quantitative estimate of drug-likeness (QED) is 0.419. The minimum atomic E-state index is -0.180. The van der Waals surface area contributed by atoms with E-state index >= 15 is 0 Å². The fourth-order valence-corrected chi connectivity index (χ4v) is 3.63. The van der Waals surface area contributed by atoms with Crippen LogP contribution in [0.5, 0.6) is 0 Å². The highest BCUT2D eigenvalue weighted by Crippen LogP contribution is 2.31. The van der Waals surface area contributed by atoms with Crippen molar-refractivity contribution in [3.05, 3.63) is 91.6 Å². The average molecular weight is 355 g/mol. The molecule has 1 aromatic heterocycles. The molecule has 0 radical (unpaired) electrons. The number of hydrogen-bond donors (Lipinski definition) is 0. The van der Waals surface area contributed by atoms with E-state index in [1.165, 1.54) is 10.4 Å². The zero-order valence-electron chi connectivity index (χ0n) is 13.3. The molecule has 2 aromatic carbocycles. The molecule has 0 saturated carbocycles. The molecular weight excluding hydrogens is 340 g/mol. The number of hydrogen-bond acceptors (Lipinski definition) is 3. The molecule has 0 amide bonds. The van der Waals surface area contributed by atoms with E-state index in [1.807, 2.05) is 0 Å². The number of carbonyl (C=O) groups excluding carboxylic acids is 2. The molecule has 1 aliphatic carbocycles. The van der Waals surface area contributed by atoms with Gasteiger partial charge in [0.1, 0.15) is 0 Å². The third kappa shape index (κ3) is 3.05. The second kappa shape index (κ2) is 6.71. The first-order valence-electron chi connectivity index (χ1n) is 7.47. The van der Waals surface area contributed by atoms with Crippen molar-refractivity contribution in [1.29, 1.82) is 0 Å². The van der Waals surface area contributed by atoms with Crippen LogP contribution in [-0.4, -0.2) is 11.6 Å². The third-order valence-electron chi connectivity index (χ3n) is 3.76. The Morgan fingerprint density at radius 3 is 2.00 bits per heavy atom. The number of carbonyl (C=O) groups is 2. The summed E-state index contributed by atoms with van der Waals surface area (Å²) in [6.45, 7) is 4.24. The lowest BCUT2D eigenvalue weighted by atomic mass is 9.84. The monoisotopic (exact) mass is 354 g/mol. The molecule has 0 bridgehead atoms. The molecule has 1 aliphatic rings. The Bertz CT molecular complexity index is 924. The van der Waals surface area contributed by atoms with Gasteiger partial charge in [0.05, 0.1) is 10.6 Å². The predicted molar refractivity (Wildman–Crippen MR) is 98.6 cm³/mol. The molecule has 0 N–H and O–H groups in total. The molecule has 4 rings (SSSR count). The predicted octanol–water partition coefficient (Wildman–Crippen LogP) is 5.48. The fraction of sp³-hybridized carbons (Fsp3) is 0.100. The Balaban J connectivity index is 0.000000203. The zero-order valence-corrected chi connectivity index (χ0v) is 14.9. The SMILES string of the molecule is Cc1csc(C)c1.O=C1c2ccccc2C(=O)c2c(Cl)cccc21. The zero-order chi connectivity index (χ0) is 17.3. The molecule has 1 heterocycles. The highest BCUT2D eigenvalue weighted by atomic mass is 35.5. The average Bonchev–Trinajstić information content (AvgIpc) is 2.96. The van der Waals surface area contributed by atoms with Gasteiger partial charge >= 0.3 is 0 Å². The van der Waals surface area contributed by atoms with Gasteiger partial charge in [-0.15, -0.1) is 11.3 Å². The first-order valence-corrected chi connectivity index (χ1v) is 8.73. The maximum absolute atomic E-state index is 12.2. The van der Waals surface area contributed by atoms with Gasteiger partial charge in [0.25, 0.3) is 0 Å². The molecule has 24 heavy (non-hydrogen) atoms. The van der Waals surface area contributed by atoms with Gasteiger partial charge in [-0.3, -0.25) is 9.59 Å². The summed E-state index contributed by atoms with van der Waals surface area (Å²) >= 11 is 7.80. The van der Waals surface area contributed by atoms with Crippen LogP contribution in [0.1, 0.15) is 42.3 Å². The number of aryl methyl sites for hydroxylation is 2. The Hall–Kier alpha value is -2.23. The van der Waals surface area contributed by atoms with Gasteiger partial charge in [-0.1, -0.05) is 48.0 Å². The van der Waals surface area contributed by atoms with Crippen LogP contribution in [0.25, 0.3) is 0 Å². The van der Waals surface area contributed by atoms with Gasteiger partial charge in [-0.05, 0) is 36.9 Å². The fourth-order valence-electron chi connectivity index (χ4n) is 2.68. The van der Waals surface area contributed by atoms with Crippen molar-refractivity contribution in [2.24, 2.45) is 0 Å². The number of thiophene rings is 1. The summed E-state index contributed by atoms with van der Waals surface area (Å²) in [5.74, 6) is -0.321. The Labute approximate surface area is 149 Å². The van der Waals surface area contributed by atoms with Crippen molar-refractivity contribution in [3.63, 3.8) is 0 Å². The van der Waals surface area contributed by atoms with E-state index in [0.29, 0.717) is 27.3 Å². The Kier molecular flexibility index (Phi) is 4.65. The largest absolute Gasteiger partial charge is 0.289 e. The highest BCUT2D eigenvalue weighted by molar-refractivity contribution is 7.10.